The van der Waals surface area contributed by atoms with Gasteiger partial charge >= 0.3 is 0 Å². The summed E-state index contributed by atoms with van der Waals surface area (Å²) in [5.41, 5.74) is 0.708. The molecule has 1 unspecified atom stereocenters. The van der Waals surface area contributed by atoms with E-state index in [1.165, 1.54) is 12.3 Å². The molecule has 0 bridgehead atoms. The minimum atomic E-state index is -0.394. The molecule has 0 saturated heterocycles. The number of nitrogens with zero attached hydrogens (tertiary/aromatic N) is 1. The van der Waals surface area contributed by atoms with Gasteiger partial charge in [-0.15, -0.1) is 0 Å². The topological polar surface area (TPSA) is 52.4 Å². The first-order valence-corrected chi connectivity index (χ1v) is 4.45. The predicted octanol–water partition coefficient (Wildman–Crippen LogP) is 2.74. The van der Waals surface area contributed by atoms with Crippen LogP contribution in [0.4, 0.5) is 5.69 Å². The van der Waals surface area contributed by atoms with E-state index < -0.39 is 4.92 Å². The van der Waals surface area contributed by atoms with E-state index in [9.17, 15) is 10.1 Å². The second kappa shape index (κ2) is 3.57. The van der Waals surface area contributed by atoms with Crippen molar-refractivity contribution >= 4 is 5.69 Å². The zero-order chi connectivity index (χ0) is 10.8. The van der Waals surface area contributed by atoms with Crippen molar-refractivity contribution in [2.24, 2.45) is 0 Å². The Balaban J connectivity index is 2.47. The van der Waals surface area contributed by atoms with Gasteiger partial charge in [0.25, 0.3) is 5.69 Å². The monoisotopic (exact) mass is 203 g/mol. The molecule has 2 rings (SSSR count). The lowest BCUT2D eigenvalue weighted by Gasteiger charge is -2.08. The number of hydrogen-bond donors (Lipinski definition) is 0. The highest BCUT2D eigenvalue weighted by Gasteiger charge is 2.25. The number of hydrogen-bond acceptors (Lipinski definition) is 3. The average molecular weight is 203 g/mol. The maximum Gasteiger partial charge on any atom is 0.273 e. The summed E-state index contributed by atoms with van der Waals surface area (Å²) in [5, 5.41) is 10.8. The summed E-state index contributed by atoms with van der Waals surface area (Å²) >= 11 is 0. The van der Waals surface area contributed by atoms with E-state index in [0.717, 1.165) is 0 Å². The smallest absolute Gasteiger partial charge is 0.273 e. The number of ether oxygens (including phenoxy) is 1. The van der Waals surface area contributed by atoms with Crippen molar-refractivity contribution in [2.75, 3.05) is 0 Å². The number of nitro groups is 1. The molecule has 0 saturated carbocycles. The van der Waals surface area contributed by atoms with Gasteiger partial charge in [0.15, 0.2) is 0 Å². The van der Waals surface area contributed by atoms with Crippen LogP contribution in [-0.4, -0.2) is 4.92 Å². The highest BCUT2D eigenvalue weighted by atomic mass is 16.6. The number of benzene rings is 1. The van der Waals surface area contributed by atoms with Crippen molar-refractivity contribution in [1.29, 1.82) is 0 Å². The highest BCUT2D eigenvalue weighted by molar-refractivity contribution is 5.47. The van der Waals surface area contributed by atoms with Crippen LogP contribution in [0, 0.1) is 10.1 Å². The SMILES string of the molecule is C=C1OC=CC1c1ccccc1[N+](=O)[O-]. The summed E-state index contributed by atoms with van der Waals surface area (Å²) in [5.74, 6) is 0.302. The highest BCUT2D eigenvalue weighted by Crippen LogP contribution is 2.35. The molecule has 0 spiro atoms. The Bertz CT molecular complexity index is 451. The molecule has 0 fully saturated rings. The third-order valence-electron chi connectivity index (χ3n) is 2.31. The predicted molar refractivity (Wildman–Crippen MR) is 55.2 cm³/mol. The molecule has 1 atom stereocenters. The van der Waals surface area contributed by atoms with Crippen LogP contribution < -0.4 is 0 Å². The minimum absolute atomic E-state index is 0.0961. The van der Waals surface area contributed by atoms with Crippen LogP contribution in [0.15, 0.2) is 48.9 Å². The van der Waals surface area contributed by atoms with Gasteiger partial charge in [-0.1, -0.05) is 24.8 Å². The molecule has 0 aliphatic carbocycles. The fraction of sp³-hybridized carbons (Fsp3) is 0.0909. The molecule has 1 aliphatic rings. The third-order valence-corrected chi connectivity index (χ3v) is 2.31. The van der Waals surface area contributed by atoms with Gasteiger partial charge in [0.1, 0.15) is 5.76 Å². The zero-order valence-corrected chi connectivity index (χ0v) is 7.92. The summed E-state index contributed by atoms with van der Waals surface area (Å²) in [6, 6.07) is 6.60. The van der Waals surface area contributed by atoms with E-state index in [4.69, 9.17) is 4.74 Å². The summed E-state index contributed by atoms with van der Waals surface area (Å²) in [6.45, 7) is 3.71. The lowest BCUT2D eigenvalue weighted by atomic mass is 9.97. The van der Waals surface area contributed by atoms with Crippen LogP contribution in [0.25, 0.3) is 0 Å². The Morgan fingerprint density at radius 3 is 2.73 bits per heavy atom. The van der Waals surface area contributed by atoms with Gasteiger partial charge in [0.2, 0.25) is 0 Å². The van der Waals surface area contributed by atoms with Crippen molar-refractivity contribution in [3.63, 3.8) is 0 Å². The van der Waals surface area contributed by atoms with Gasteiger partial charge in [0.05, 0.1) is 17.1 Å². The molecular weight excluding hydrogens is 194 g/mol. The van der Waals surface area contributed by atoms with Crippen molar-refractivity contribution in [1.82, 2.24) is 0 Å². The molecule has 1 heterocycles. The van der Waals surface area contributed by atoms with Crippen LogP contribution >= 0.6 is 0 Å². The minimum Gasteiger partial charge on any atom is -0.469 e. The van der Waals surface area contributed by atoms with E-state index in [2.05, 4.69) is 6.58 Å². The molecule has 1 aliphatic heterocycles. The van der Waals surface area contributed by atoms with Gasteiger partial charge < -0.3 is 4.74 Å². The van der Waals surface area contributed by atoms with E-state index >= 15 is 0 Å². The Hall–Kier alpha value is -2.10. The quantitative estimate of drug-likeness (QED) is 0.548. The molecule has 0 N–H and O–H groups in total. The Kier molecular flexibility index (Phi) is 2.25. The molecule has 0 radical (unpaired) electrons. The van der Waals surface area contributed by atoms with Gasteiger partial charge in [-0.05, 0) is 6.08 Å². The Labute approximate surface area is 86.6 Å². The van der Waals surface area contributed by atoms with E-state index in [1.807, 2.05) is 0 Å². The molecule has 1 aromatic rings. The van der Waals surface area contributed by atoms with Crippen molar-refractivity contribution < 1.29 is 9.66 Å². The second-order valence-electron chi connectivity index (χ2n) is 3.21. The first kappa shape index (κ1) is 9.45. The van der Waals surface area contributed by atoms with Crippen LogP contribution in [0.5, 0.6) is 0 Å². The number of rotatable bonds is 2. The first-order chi connectivity index (χ1) is 7.20. The number of nitro benzene ring substituents is 1. The normalized spacial score (nSPS) is 18.9. The van der Waals surface area contributed by atoms with Crippen LogP contribution in [-0.2, 0) is 4.74 Å². The van der Waals surface area contributed by atoms with Crippen molar-refractivity contribution in [2.45, 2.75) is 5.92 Å². The van der Waals surface area contributed by atoms with Gasteiger partial charge in [-0.25, -0.2) is 0 Å². The van der Waals surface area contributed by atoms with Crippen LogP contribution in [0.1, 0.15) is 11.5 Å². The van der Waals surface area contributed by atoms with E-state index in [0.29, 0.717) is 11.3 Å². The van der Waals surface area contributed by atoms with E-state index in [-0.39, 0.29) is 11.6 Å². The third kappa shape index (κ3) is 1.61. The molecule has 0 aromatic heterocycles. The molecule has 0 amide bonds. The Morgan fingerprint density at radius 1 is 1.40 bits per heavy atom. The molecule has 1 aromatic carbocycles. The summed E-state index contributed by atoms with van der Waals surface area (Å²) in [7, 11) is 0. The van der Waals surface area contributed by atoms with Crippen molar-refractivity contribution in [3.8, 4) is 0 Å². The van der Waals surface area contributed by atoms with Crippen molar-refractivity contribution in [3.05, 3.63) is 64.6 Å². The van der Waals surface area contributed by atoms with Crippen LogP contribution in [0.3, 0.4) is 0 Å². The van der Waals surface area contributed by atoms with Crippen LogP contribution in [0.2, 0.25) is 0 Å². The van der Waals surface area contributed by atoms with Gasteiger partial charge in [-0.2, -0.15) is 0 Å². The second-order valence-corrected chi connectivity index (χ2v) is 3.21. The largest absolute Gasteiger partial charge is 0.469 e. The maximum atomic E-state index is 10.8. The maximum absolute atomic E-state index is 10.8. The summed E-state index contributed by atoms with van der Waals surface area (Å²) in [6.07, 6.45) is 3.26. The molecule has 4 nitrogen and oxygen atoms in total. The summed E-state index contributed by atoms with van der Waals surface area (Å²) < 4.78 is 5.06. The standard InChI is InChI=1S/C11H9NO3/c1-8-9(6-7-15-8)10-4-2-3-5-11(10)12(13)14/h2-7,9H,1H2. The lowest BCUT2D eigenvalue weighted by molar-refractivity contribution is -0.385. The number of allylic oxidation sites excluding steroid dienone is 1. The van der Waals surface area contributed by atoms with E-state index in [1.54, 1.807) is 24.3 Å². The number of para-hydroxylation sites is 1. The zero-order valence-electron chi connectivity index (χ0n) is 7.92. The fourth-order valence-electron chi connectivity index (χ4n) is 1.58. The van der Waals surface area contributed by atoms with Gasteiger partial charge in [0, 0.05) is 11.6 Å². The molecular formula is C11H9NO3. The average Bonchev–Trinajstić information content (AvgIpc) is 2.64. The fourth-order valence-corrected chi connectivity index (χ4v) is 1.58. The molecule has 76 valence electrons. The molecule has 15 heavy (non-hydrogen) atoms. The van der Waals surface area contributed by atoms with Gasteiger partial charge in [-0.3, -0.25) is 10.1 Å². The molecule has 4 heteroatoms. The summed E-state index contributed by atoms with van der Waals surface area (Å²) in [4.78, 5) is 10.4. The lowest BCUT2D eigenvalue weighted by Crippen LogP contribution is -2.00. The Morgan fingerprint density at radius 2 is 2.13 bits per heavy atom. The first-order valence-electron chi connectivity index (χ1n) is 4.45.